The van der Waals surface area contributed by atoms with Crippen LogP contribution in [0.5, 0.6) is 0 Å². The minimum absolute atomic E-state index is 0.135. The lowest BCUT2D eigenvalue weighted by molar-refractivity contribution is 0.745. The van der Waals surface area contributed by atoms with E-state index in [1.54, 1.807) is 0 Å². The molecule has 0 aliphatic carbocycles. The van der Waals surface area contributed by atoms with E-state index in [4.69, 9.17) is 17.3 Å². The summed E-state index contributed by atoms with van der Waals surface area (Å²) < 4.78 is 0. The van der Waals surface area contributed by atoms with Gasteiger partial charge in [0.05, 0.1) is 0 Å². The quantitative estimate of drug-likeness (QED) is 0.724. The van der Waals surface area contributed by atoms with Gasteiger partial charge in [-0.1, -0.05) is 11.6 Å². The number of nitrogen functional groups attached to an aromatic ring is 1. The van der Waals surface area contributed by atoms with Crippen LogP contribution in [0.15, 0.2) is 0 Å². The molecule has 0 saturated heterocycles. The van der Waals surface area contributed by atoms with Crippen LogP contribution in [0, 0.1) is 0 Å². The third kappa shape index (κ3) is 2.68. The molecule has 0 unspecified atom stereocenters. The second kappa shape index (κ2) is 4.92. The summed E-state index contributed by atoms with van der Waals surface area (Å²) in [6.07, 6.45) is 0. The van der Waals surface area contributed by atoms with Crippen molar-refractivity contribution in [3.63, 3.8) is 0 Å². The highest BCUT2D eigenvalue weighted by Crippen LogP contribution is 2.13. The van der Waals surface area contributed by atoms with Crippen molar-refractivity contribution in [3.8, 4) is 0 Å². The lowest BCUT2D eigenvalue weighted by Crippen LogP contribution is -2.28. The van der Waals surface area contributed by atoms with Gasteiger partial charge in [-0.05, 0) is 7.05 Å². The standard InChI is InChI=1S/C7H13ClN6/c1-10-3-4-14(2)7-11-6(9)5(8)12-13-7/h10H,3-4H2,1-2H3,(H2,9,11,13). The summed E-state index contributed by atoms with van der Waals surface area (Å²) in [6, 6.07) is 0. The van der Waals surface area contributed by atoms with E-state index in [1.807, 2.05) is 19.0 Å². The number of likely N-dealkylation sites (N-methyl/N-ethyl adjacent to an activating group) is 2. The minimum atomic E-state index is 0.135. The minimum Gasteiger partial charge on any atom is -0.381 e. The molecule has 0 spiro atoms. The van der Waals surface area contributed by atoms with E-state index >= 15 is 0 Å². The van der Waals surface area contributed by atoms with Crippen molar-refractivity contribution in [1.29, 1.82) is 0 Å². The molecule has 3 N–H and O–H groups in total. The summed E-state index contributed by atoms with van der Waals surface area (Å²) in [5.41, 5.74) is 5.50. The second-order valence-electron chi connectivity index (χ2n) is 2.81. The number of nitrogens with two attached hydrogens (primary N) is 1. The topological polar surface area (TPSA) is 80.0 Å². The van der Waals surface area contributed by atoms with E-state index in [2.05, 4.69) is 20.5 Å². The molecule has 14 heavy (non-hydrogen) atoms. The largest absolute Gasteiger partial charge is 0.381 e. The van der Waals surface area contributed by atoms with Crippen LogP contribution < -0.4 is 16.0 Å². The second-order valence-corrected chi connectivity index (χ2v) is 3.17. The van der Waals surface area contributed by atoms with Gasteiger partial charge < -0.3 is 16.0 Å². The summed E-state index contributed by atoms with van der Waals surface area (Å²) >= 11 is 5.60. The average molecular weight is 217 g/mol. The van der Waals surface area contributed by atoms with E-state index in [0.717, 1.165) is 13.1 Å². The fraction of sp³-hybridized carbons (Fsp3) is 0.571. The molecule has 1 heterocycles. The fourth-order valence-electron chi connectivity index (χ4n) is 0.857. The third-order valence-corrected chi connectivity index (χ3v) is 1.97. The summed E-state index contributed by atoms with van der Waals surface area (Å²) in [6.45, 7) is 1.61. The van der Waals surface area contributed by atoms with E-state index in [0.29, 0.717) is 5.95 Å². The predicted molar refractivity (Wildman–Crippen MR) is 56.4 cm³/mol. The first kappa shape index (κ1) is 10.9. The molecule has 0 aliphatic heterocycles. The lowest BCUT2D eigenvalue weighted by Gasteiger charge is -2.15. The Balaban J connectivity index is 2.70. The Hall–Kier alpha value is -1.14. The first-order valence-corrected chi connectivity index (χ1v) is 4.54. The zero-order chi connectivity index (χ0) is 10.6. The van der Waals surface area contributed by atoms with Crippen LogP contribution in [-0.4, -0.2) is 42.4 Å². The van der Waals surface area contributed by atoms with Gasteiger partial charge in [-0.3, -0.25) is 0 Å². The highest BCUT2D eigenvalue weighted by molar-refractivity contribution is 6.31. The summed E-state index contributed by atoms with van der Waals surface area (Å²) in [5, 5.41) is 10.6. The highest BCUT2D eigenvalue weighted by Gasteiger charge is 2.07. The van der Waals surface area contributed by atoms with Crippen molar-refractivity contribution in [2.75, 3.05) is 37.8 Å². The molecule has 0 radical (unpaired) electrons. The van der Waals surface area contributed by atoms with Gasteiger partial charge in [-0.2, -0.15) is 4.98 Å². The van der Waals surface area contributed by atoms with Crippen molar-refractivity contribution >= 4 is 23.4 Å². The van der Waals surface area contributed by atoms with E-state index in [1.165, 1.54) is 0 Å². The SMILES string of the molecule is CNCCN(C)c1nnc(Cl)c(N)n1. The molecule has 0 aromatic carbocycles. The Labute approximate surface area is 87.5 Å². The Morgan fingerprint density at radius 3 is 2.79 bits per heavy atom. The number of anilines is 2. The van der Waals surface area contributed by atoms with Crippen LogP contribution in [-0.2, 0) is 0 Å². The van der Waals surface area contributed by atoms with Crippen molar-refractivity contribution < 1.29 is 0 Å². The van der Waals surface area contributed by atoms with Gasteiger partial charge in [-0.25, -0.2) is 0 Å². The molecule has 0 bridgehead atoms. The van der Waals surface area contributed by atoms with Crippen LogP contribution in [0.2, 0.25) is 5.15 Å². The van der Waals surface area contributed by atoms with Crippen LogP contribution in [0.25, 0.3) is 0 Å². The van der Waals surface area contributed by atoms with Gasteiger partial charge in [0, 0.05) is 20.1 Å². The van der Waals surface area contributed by atoms with E-state index < -0.39 is 0 Å². The van der Waals surface area contributed by atoms with E-state index in [-0.39, 0.29) is 11.0 Å². The molecule has 1 aromatic rings. The number of hydrogen-bond donors (Lipinski definition) is 2. The van der Waals surface area contributed by atoms with Crippen molar-refractivity contribution in [3.05, 3.63) is 5.15 Å². The zero-order valence-corrected chi connectivity index (χ0v) is 8.91. The molecule has 0 aliphatic rings. The van der Waals surface area contributed by atoms with Gasteiger partial charge in [-0.15, -0.1) is 10.2 Å². The Morgan fingerprint density at radius 2 is 2.21 bits per heavy atom. The molecule has 7 heteroatoms. The van der Waals surface area contributed by atoms with Gasteiger partial charge in [0.2, 0.25) is 5.95 Å². The molecular formula is C7H13ClN6. The molecule has 0 fully saturated rings. The molecule has 0 atom stereocenters. The van der Waals surface area contributed by atoms with Gasteiger partial charge in [0.1, 0.15) is 0 Å². The smallest absolute Gasteiger partial charge is 0.247 e. The van der Waals surface area contributed by atoms with E-state index in [9.17, 15) is 0 Å². The maximum absolute atomic E-state index is 5.60. The number of nitrogens with one attached hydrogen (secondary N) is 1. The van der Waals surface area contributed by atoms with Gasteiger partial charge in [0.25, 0.3) is 0 Å². The highest BCUT2D eigenvalue weighted by atomic mass is 35.5. The maximum Gasteiger partial charge on any atom is 0.247 e. The predicted octanol–water partition coefficient (Wildman–Crippen LogP) is -0.237. The number of aromatic nitrogens is 3. The fourth-order valence-corrected chi connectivity index (χ4v) is 0.937. The van der Waals surface area contributed by atoms with Crippen molar-refractivity contribution in [1.82, 2.24) is 20.5 Å². The molecule has 1 rings (SSSR count). The molecule has 0 amide bonds. The van der Waals surface area contributed by atoms with Crippen molar-refractivity contribution in [2.45, 2.75) is 0 Å². The Bertz CT molecular complexity index is 304. The summed E-state index contributed by atoms with van der Waals surface area (Å²) in [4.78, 5) is 5.84. The number of hydrogen-bond acceptors (Lipinski definition) is 6. The summed E-state index contributed by atoms with van der Waals surface area (Å²) in [5.74, 6) is 0.676. The molecule has 1 aromatic heterocycles. The lowest BCUT2D eigenvalue weighted by atomic mass is 10.5. The van der Waals surface area contributed by atoms with Gasteiger partial charge in [0.15, 0.2) is 11.0 Å². The monoisotopic (exact) mass is 216 g/mol. The van der Waals surface area contributed by atoms with Crippen LogP contribution in [0.3, 0.4) is 0 Å². The number of rotatable bonds is 4. The third-order valence-electron chi connectivity index (χ3n) is 1.70. The Morgan fingerprint density at radius 1 is 1.50 bits per heavy atom. The van der Waals surface area contributed by atoms with Crippen molar-refractivity contribution in [2.24, 2.45) is 0 Å². The van der Waals surface area contributed by atoms with Crippen LogP contribution >= 0.6 is 11.6 Å². The number of halogens is 1. The van der Waals surface area contributed by atoms with Crippen LogP contribution in [0.1, 0.15) is 0 Å². The van der Waals surface area contributed by atoms with Gasteiger partial charge >= 0.3 is 0 Å². The number of nitrogens with zero attached hydrogens (tertiary/aromatic N) is 4. The molecule has 0 saturated carbocycles. The average Bonchev–Trinajstić information content (AvgIpc) is 2.18. The Kier molecular flexibility index (Phi) is 3.84. The van der Waals surface area contributed by atoms with Crippen LogP contribution in [0.4, 0.5) is 11.8 Å². The maximum atomic E-state index is 5.60. The molecule has 78 valence electrons. The molecular weight excluding hydrogens is 204 g/mol. The normalized spacial score (nSPS) is 10.2. The zero-order valence-electron chi connectivity index (χ0n) is 8.16. The molecule has 6 nitrogen and oxygen atoms in total. The summed E-state index contributed by atoms with van der Waals surface area (Å²) in [7, 11) is 3.74. The first-order chi connectivity index (χ1) is 6.65. The first-order valence-electron chi connectivity index (χ1n) is 4.16.